The molecule has 0 aromatic heterocycles. The van der Waals surface area contributed by atoms with E-state index >= 15 is 0 Å². The van der Waals surface area contributed by atoms with Crippen molar-refractivity contribution in [3.8, 4) is 6.07 Å². The molecule has 0 N–H and O–H groups in total. The molecule has 0 bridgehead atoms. The third kappa shape index (κ3) is 3.57. The molecule has 0 saturated carbocycles. The maximum atomic E-state index is 8.81. The first-order valence-electron chi connectivity index (χ1n) is 6.01. The highest BCUT2D eigenvalue weighted by molar-refractivity contribution is 6.31. The molecule has 2 nitrogen and oxygen atoms in total. The normalized spacial score (nSPS) is 10.2. The average Bonchev–Trinajstić information content (AvgIpc) is 2.42. The Morgan fingerprint density at radius 1 is 1.11 bits per heavy atom. The first-order chi connectivity index (χ1) is 9.20. The quantitative estimate of drug-likeness (QED) is 0.833. The zero-order chi connectivity index (χ0) is 13.7. The van der Waals surface area contributed by atoms with Gasteiger partial charge in [0.15, 0.2) is 0 Å². The molecule has 0 amide bonds. The molecule has 0 atom stereocenters. The zero-order valence-electron chi connectivity index (χ0n) is 10.7. The molecule has 2 rings (SSSR count). The van der Waals surface area contributed by atoms with Crippen molar-refractivity contribution in [1.29, 1.82) is 5.26 Å². The summed E-state index contributed by atoms with van der Waals surface area (Å²) in [6, 6.07) is 15.4. The van der Waals surface area contributed by atoms with Crippen molar-refractivity contribution >= 4 is 11.6 Å². The van der Waals surface area contributed by atoms with Crippen LogP contribution in [0.4, 0.5) is 0 Å². The summed E-state index contributed by atoms with van der Waals surface area (Å²) < 4.78 is 5.67. The molecule has 0 heterocycles. The summed E-state index contributed by atoms with van der Waals surface area (Å²) in [4.78, 5) is 0. The van der Waals surface area contributed by atoms with Gasteiger partial charge in [0.25, 0.3) is 0 Å². The molecule has 0 spiro atoms. The molecule has 3 heteroatoms. The Balaban J connectivity index is 1.97. The van der Waals surface area contributed by atoms with Crippen molar-refractivity contribution in [3.05, 3.63) is 69.7 Å². The number of nitrogens with zero attached hydrogens (tertiary/aromatic N) is 1. The zero-order valence-corrected chi connectivity index (χ0v) is 11.4. The van der Waals surface area contributed by atoms with Crippen LogP contribution in [0.1, 0.15) is 22.3 Å². The molecular weight excluding hydrogens is 258 g/mol. The number of rotatable bonds is 4. The van der Waals surface area contributed by atoms with Crippen molar-refractivity contribution in [1.82, 2.24) is 0 Å². The second-order valence-corrected chi connectivity index (χ2v) is 4.74. The maximum absolute atomic E-state index is 8.81. The van der Waals surface area contributed by atoms with Crippen molar-refractivity contribution < 1.29 is 4.74 Å². The third-order valence-corrected chi connectivity index (χ3v) is 3.31. The van der Waals surface area contributed by atoms with Crippen LogP contribution in [0, 0.1) is 18.3 Å². The van der Waals surface area contributed by atoms with Crippen molar-refractivity contribution in [2.75, 3.05) is 0 Å². The lowest BCUT2D eigenvalue weighted by atomic mass is 10.1. The summed E-state index contributed by atoms with van der Waals surface area (Å²) in [6.07, 6.45) is 0. The molecule has 19 heavy (non-hydrogen) atoms. The van der Waals surface area contributed by atoms with Gasteiger partial charge < -0.3 is 4.74 Å². The van der Waals surface area contributed by atoms with E-state index in [-0.39, 0.29) is 0 Å². The summed E-state index contributed by atoms with van der Waals surface area (Å²) >= 11 is 6.06. The highest BCUT2D eigenvalue weighted by Crippen LogP contribution is 2.17. The van der Waals surface area contributed by atoms with Crippen LogP contribution in [0.3, 0.4) is 0 Å². The van der Waals surface area contributed by atoms with Gasteiger partial charge in [-0.25, -0.2) is 0 Å². The predicted octanol–water partition coefficient (Wildman–Crippen LogP) is 4.24. The summed E-state index contributed by atoms with van der Waals surface area (Å²) in [5.41, 5.74) is 3.81. The maximum Gasteiger partial charge on any atom is 0.0991 e. The Morgan fingerprint density at radius 3 is 2.53 bits per heavy atom. The topological polar surface area (TPSA) is 33.0 Å². The standard InChI is InChI=1S/C16H14ClNO/c1-12-8-13(9-18)6-7-14(12)10-19-11-15-4-2-3-5-16(15)17/h2-8H,10-11H2,1H3. The number of ether oxygens (including phenoxy) is 1. The summed E-state index contributed by atoms with van der Waals surface area (Å²) in [5, 5.41) is 9.53. The lowest BCUT2D eigenvalue weighted by molar-refractivity contribution is 0.107. The van der Waals surface area contributed by atoms with E-state index in [9.17, 15) is 0 Å². The fraction of sp³-hybridized carbons (Fsp3) is 0.188. The van der Waals surface area contributed by atoms with Crippen molar-refractivity contribution in [3.63, 3.8) is 0 Å². The largest absolute Gasteiger partial charge is 0.372 e. The van der Waals surface area contributed by atoms with E-state index in [0.29, 0.717) is 18.8 Å². The van der Waals surface area contributed by atoms with E-state index in [1.165, 1.54) is 0 Å². The number of aryl methyl sites for hydroxylation is 1. The van der Waals surface area contributed by atoms with Gasteiger partial charge in [0.2, 0.25) is 0 Å². The number of benzene rings is 2. The van der Waals surface area contributed by atoms with Gasteiger partial charge in [0.1, 0.15) is 0 Å². The Labute approximate surface area is 118 Å². The summed E-state index contributed by atoms with van der Waals surface area (Å²) in [7, 11) is 0. The minimum atomic E-state index is 0.485. The van der Waals surface area contributed by atoms with Crippen LogP contribution in [-0.4, -0.2) is 0 Å². The molecule has 0 aliphatic carbocycles. The first-order valence-corrected chi connectivity index (χ1v) is 6.39. The first kappa shape index (κ1) is 13.6. The van der Waals surface area contributed by atoms with Crippen molar-refractivity contribution in [2.45, 2.75) is 20.1 Å². The van der Waals surface area contributed by atoms with E-state index < -0.39 is 0 Å². The number of hydrogen-bond acceptors (Lipinski definition) is 2. The minimum absolute atomic E-state index is 0.485. The molecular formula is C16H14ClNO. The van der Waals surface area contributed by atoms with E-state index in [2.05, 4.69) is 6.07 Å². The molecule has 0 fully saturated rings. The van der Waals surface area contributed by atoms with Gasteiger partial charge in [0.05, 0.1) is 24.8 Å². The molecule has 0 radical (unpaired) electrons. The van der Waals surface area contributed by atoms with Crippen LogP contribution in [0.5, 0.6) is 0 Å². The highest BCUT2D eigenvalue weighted by Gasteiger charge is 2.02. The van der Waals surface area contributed by atoms with Gasteiger partial charge in [-0.15, -0.1) is 0 Å². The van der Waals surface area contributed by atoms with Gasteiger partial charge in [-0.1, -0.05) is 35.9 Å². The average molecular weight is 272 g/mol. The summed E-state index contributed by atoms with van der Waals surface area (Å²) in [5.74, 6) is 0. The number of halogens is 1. The van der Waals surface area contributed by atoms with Crippen LogP contribution in [0.25, 0.3) is 0 Å². The van der Waals surface area contributed by atoms with E-state index in [1.807, 2.05) is 43.3 Å². The smallest absolute Gasteiger partial charge is 0.0991 e. The SMILES string of the molecule is Cc1cc(C#N)ccc1COCc1ccccc1Cl. The van der Waals surface area contributed by atoms with Gasteiger partial charge in [-0.3, -0.25) is 0 Å². The fourth-order valence-electron chi connectivity index (χ4n) is 1.81. The molecule has 2 aromatic rings. The Kier molecular flexibility index (Phi) is 4.57. The predicted molar refractivity (Wildman–Crippen MR) is 75.8 cm³/mol. The van der Waals surface area contributed by atoms with Gasteiger partial charge in [-0.05, 0) is 41.8 Å². The van der Waals surface area contributed by atoms with E-state index in [0.717, 1.165) is 21.7 Å². The van der Waals surface area contributed by atoms with Crippen LogP contribution >= 0.6 is 11.6 Å². The Hall–Kier alpha value is -1.82. The lowest BCUT2D eigenvalue weighted by Gasteiger charge is -2.08. The molecule has 96 valence electrons. The Bertz CT molecular complexity index is 616. The molecule has 0 unspecified atom stereocenters. The van der Waals surface area contributed by atoms with Crippen molar-refractivity contribution in [2.24, 2.45) is 0 Å². The Morgan fingerprint density at radius 2 is 1.84 bits per heavy atom. The van der Waals surface area contributed by atoms with Crippen LogP contribution < -0.4 is 0 Å². The minimum Gasteiger partial charge on any atom is -0.372 e. The van der Waals surface area contributed by atoms with Crippen LogP contribution in [0.2, 0.25) is 5.02 Å². The fourth-order valence-corrected chi connectivity index (χ4v) is 2.00. The monoisotopic (exact) mass is 271 g/mol. The van der Waals surface area contributed by atoms with Gasteiger partial charge in [-0.2, -0.15) is 5.26 Å². The van der Waals surface area contributed by atoms with E-state index in [4.69, 9.17) is 21.6 Å². The highest BCUT2D eigenvalue weighted by atomic mass is 35.5. The van der Waals surface area contributed by atoms with Gasteiger partial charge in [0, 0.05) is 5.02 Å². The third-order valence-electron chi connectivity index (χ3n) is 2.94. The number of hydrogen-bond donors (Lipinski definition) is 0. The van der Waals surface area contributed by atoms with E-state index in [1.54, 1.807) is 6.07 Å². The molecule has 0 saturated heterocycles. The second-order valence-electron chi connectivity index (χ2n) is 4.34. The van der Waals surface area contributed by atoms with Gasteiger partial charge >= 0.3 is 0 Å². The number of nitriles is 1. The summed E-state index contributed by atoms with van der Waals surface area (Å²) in [6.45, 7) is 2.98. The van der Waals surface area contributed by atoms with Crippen LogP contribution in [-0.2, 0) is 18.0 Å². The molecule has 0 aliphatic heterocycles. The molecule has 2 aromatic carbocycles. The lowest BCUT2D eigenvalue weighted by Crippen LogP contribution is -1.97. The second kappa shape index (κ2) is 6.38. The van der Waals surface area contributed by atoms with Crippen LogP contribution in [0.15, 0.2) is 42.5 Å². The molecule has 0 aliphatic rings.